The van der Waals surface area contributed by atoms with Crippen molar-refractivity contribution >= 4 is 28.9 Å². The van der Waals surface area contributed by atoms with Gasteiger partial charge in [-0.25, -0.2) is 14.4 Å². The number of rotatable bonds is 4. The molecule has 0 aliphatic heterocycles. The van der Waals surface area contributed by atoms with Crippen LogP contribution in [0.3, 0.4) is 0 Å². The van der Waals surface area contributed by atoms with E-state index in [-0.39, 0.29) is 5.69 Å². The van der Waals surface area contributed by atoms with Crippen LogP contribution in [0.2, 0.25) is 5.02 Å². The van der Waals surface area contributed by atoms with Gasteiger partial charge in [0, 0.05) is 18.5 Å². The number of hydrogen-bond acceptors (Lipinski definition) is 4. The molecule has 0 radical (unpaired) electrons. The summed E-state index contributed by atoms with van der Waals surface area (Å²) in [5.74, 6) is 2.14. The van der Waals surface area contributed by atoms with Crippen molar-refractivity contribution in [3.05, 3.63) is 40.4 Å². The van der Waals surface area contributed by atoms with Crippen LogP contribution in [-0.2, 0) is 0 Å². The van der Waals surface area contributed by atoms with Crippen LogP contribution in [0.4, 0.5) is 21.7 Å². The van der Waals surface area contributed by atoms with Crippen molar-refractivity contribution in [2.75, 3.05) is 17.7 Å². The minimum Gasteiger partial charge on any atom is -0.373 e. The number of benzene rings is 1. The molecule has 0 atom stereocenters. The Morgan fingerprint density at radius 2 is 1.95 bits per heavy atom. The molecule has 1 aromatic carbocycles. The Morgan fingerprint density at radius 3 is 2.57 bits per heavy atom. The monoisotopic (exact) mass is 306 g/mol. The predicted molar refractivity (Wildman–Crippen MR) is 83.0 cm³/mol. The summed E-state index contributed by atoms with van der Waals surface area (Å²) in [6.07, 6.45) is 2.21. The molecule has 1 fully saturated rings. The molecule has 1 aliphatic rings. The zero-order valence-electron chi connectivity index (χ0n) is 11.9. The van der Waals surface area contributed by atoms with E-state index in [2.05, 4.69) is 20.6 Å². The van der Waals surface area contributed by atoms with Crippen molar-refractivity contribution in [2.45, 2.75) is 25.7 Å². The third kappa shape index (κ3) is 2.78. The summed E-state index contributed by atoms with van der Waals surface area (Å²) < 4.78 is 13.9. The van der Waals surface area contributed by atoms with Gasteiger partial charge in [0.25, 0.3) is 0 Å². The number of nitrogens with one attached hydrogen (secondary N) is 2. The number of aromatic nitrogens is 2. The number of hydrogen-bond donors (Lipinski definition) is 2. The average molecular weight is 307 g/mol. The standard InChI is InChI=1S/C15H16ClFN4/c1-8-13(18-2)20-15(9-6-7-9)21-14(8)19-12-10(16)4-3-5-11(12)17/h3-5,9H,6-7H2,1-2H3,(H2,18,19,20,21). The predicted octanol–water partition coefficient (Wildman–Crippen LogP) is 4.24. The van der Waals surface area contributed by atoms with Crippen LogP contribution in [0, 0.1) is 12.7 Å². The summed E-state index contributed by atoms with van der Waals surface area (Å²) in [5.41, 5.74) is 1.07. The molecule has 21 heavy (non-hydrogen) atoms. The molecule has 0 spiro atoms. The van der Waals surface area contributed by atoms with E-state index in [0.717, 1.165) is 30.0 Å². The summed E-state index contributed by atoms with van der Waals surface area (Å²) in [7, 11) is 1.81. The number of halogens is 2. The van der Waals surface area contributed by atoms with E-state index < -0.39 is 5.82 Å². The quantitative estimate of drug-likeness (QED) is 0.887. The molecule has 0 unspecified atom stereocenters. The first-order chi connectivity index (χ1) is 10.1. The molecular weight excluding hydrogens is 291 g/mol. The van der Waals surface area contributed by atoms with Gasteiger partial charge in [-0.3, -0.25) is 0 Å². The number of nitrogens with zero attached hydrogens (tertiary/aromatic N) is 2. The fourth-order valence-electron chi connectivity index (χ4n) is 2.16. The van der Waals surface area contributed by atoms with Gasteiger partial charge >= 0.3 is 0 Å². The second kappa shape index (κ2) is 5.48. The van der Waals surface area contributed by atoms with Gasteiger partial charge in [-0.15, -0.1) is 0 Å². The summed E-state index contributed by atoms with van der Waals surface area (Å²) in [5, 5.41) is 6.39. The summed E-state index contributed by atoms with van der Waals surface area (Å²) in [6, 6.07) is 4.58. The van der Waals surface area contributed by atoms with Crippen molar-refractivity contribution in [1.29, 1.82) is 0 Å². The number of para-hydroxylation sites is 1. The highest BCUT2D eigenvalue weighted by atomic mass is 35.5. The lowest BCUT2D eigenvalue weighted by atomic mass is 10.2. The van der Waals surface area contributed by atoms with E-state index in [1.807, 2.05) is 14.0 Å². The number of anilines is 3. The molecule has 110 valence electrons. The fourth-order valence-corrected chi connectivity index (χ4v) is 2.37. The first-order valence-corrected chi connectivity index (χ1v) is 7.25. The van der Waals surface area contributed by atoms with Crippen LogP contribution in [0.5, 0.6) is 0 Å². The molecule has 1 heterocycles. The molecule has 1 saturated carbocycles. The molecule has 3 rings (SSSR count). The van der Waals surface area contributed by atoms with Crippen LogP contribution < -0.4 is 10.6 Å². The smallest absolute Gasteiger partial charge is 0.148 e. The second-order valence-electron chi connectivity index (χ2n) is 5.15. The van der Waals surface area contributed by atoms with Crippen LogP contribution in [-0.4, -0.2) is 17.0 Å². The van der Waals surface area contributed by atoms with Crippen molar-refractivity contribution in [1.82, 2.24) is 9.97 Å². The zero-order valence-corrected chi connectivity index (χ0v) is 12.6. The maximum atomic E-state index is 13.9. The van der Waals surface area contributed by atoms with E-state index in [0.29, 0.717) is 16.8 Å². The van der Waals surface area contributed by atoms with Gasteiger partial charge in [-0.05, 0) is 31.9 Å². The lowest BCUT2D eigenvalue weighted by Gasteiger charge is -2.15. The van der Waals surface area contributed by atoms with Crippen LogP contribution >= 0.6 is 11.6 Å². The minimum absolute atomic E-state index is 0.241. The Bertz CT molecular complexity index is 665. The lowest BCUT2D eigenvalue weighted by Crippen LogP contribution is -2.07. The van der Waals surface area contributed by atoms with Gasteiger partial charge in [0.1, 0.15) is 23.3 Å². The van der Waals surface area contributed by atoms with Gasteiger partial charge in [-0.1, -0.05) is 17.7 Å². The Morgan fingerprint density at radius 1 is 1.24 bits per heavy atom. The first kappa shape index (κ1) is 14.1. The second-order valence-corrected chi connectivity index (χ2v) is 5.56. The van der Waals surface area contributed by atoms with Gasteiger partial charge in [-0.2, -0.15) is 0 Å². The van der Waals surface area contributed by atoms with Gasteiger partial charge in [0.15, 0.2) is 0 Å². The molecule has 2 aromatic rings. The van der Waals surface area contributed by atoms with Crippen LogP contribution in [0.25, 0.3) is 0 Å². The molecule has 2 N–H and O–H groups in total. The zero-order chi connectivity index (χ0) is 15.0. The Kier molecular flexibility index (Phi) is 3.68. The molecule has 0 saturated heterocycles. The third-order valence-corrected chi connectivity index (χ3v) is 3.86. The molecular formula is C15H16ClFN4. The van der Waals surface area contributed by atoms with Crippen molar-refractivity contribution < 1.29 is 4.39 Å². The maximum Gasteiger partial charge on any atom is 0.148 e. The highest BCUT2D eigenvalue weighted by molar-refractivity contribution is 6.33. The van der Waals surface area contributed by atoms with E-state index >= 15 is 0 Å². The Balaban J connectivity index is 2.03. The van der Waals surface area contributed by atoms with E-state index in [1.54, 1.807) is 12.1 Å². The van der Waals surface area contributed by atoms with E-state index in [4.69, 9.17) is 11.6 Å². The lowest BCUT2D eigenvalue weighted by molar-refractivity contribution is 0.632. The van der Waals surface area contributed by atoms with Gasteiger partial charge in [0.2, 0.25) is 0 Å². The fraction of sp³-hybridized carbons (Fsp3) is 0.333. The third-order valence-electron chi connectivity index (χ3n) is 3.55. The Labute approximate surface area is 127 Å². The highest BCUT2D eigenvalue weighted by Gasteiger charge is 2.28. The van der Waals surface area contributed by atoms with Crippen LogP contribution in [0.1, 0.15) is 30.1 Å². The van der Waals surface area contributed by atoms with Gasteiger partial charge in [0.05, 0.1) is 10.7 Å². The SMILES string of the molecule is CNc1nc(C2CC2)nc(Nc2c(F)cccc2Cl)c1C. The molecule has 1 aromatic heterocycles. The van der Waals surface area contributed by atoms with Crippen molar-refractivity contribution in [3.8, 4) is 0 Å². The maximum absolute atomic E-state index is 13.9. The molecule has 0 bridgehead atoms. The summed E-state index contributed by atoms with van der Waals surface area (Å²) in [6.45, 7) is 1.89. The van der Waals surface area contributed by atoms with Crippen LogP contribution in [0.15, 0.2) is 18.2 Å². The summed E-state index contributed by atoms with van der Waals surface area (Å²) >= 11 is 6.06. The molecule has 6 heteroatoms. The average Bonchev–Trinajstić information content (AvgIpc) is 3.29. The molecule has 4 nitrogen and oxygen atoms in total. The molecule has 1 aliphatic carbocycles. The Hall–Kier alpha value is -1.88. The van der Waals surface area contributed by atoms with Crippen molar-refractivity contribution in [2.24, 2.45) is 0 Å². The topological polar surface area (TPSA) is 49.8 Å². The minimum atomic E-state index is -0.403. The largest absolute Gasteiger partial charge is 0.373 e. The van der Waals surface area contributed by atoms with E-state index in [9.17, 15) is 4.39 Å². The first-order valence-electron chi connectivity index (χ1n) is 6.87. The molecule has 0 amide bonds. The van der Waals surface area contributed by atoms with Gasteiger partial charge < -0.3 is 10.6 Å². The normalized spacial score (nSPS) is 14.1. The highest BCUT2D eigenvalue weighted by Crippen LogP contribution is 2.40. The van der Waals surface area contributed by atoms with E-state index in [1.165, 1.54) is 6.07 Å². The van der Waals surface area contributed by atoms with Crippen molar-refractivity contribution in [3.63, 3.8) is 0 Å². The summed E-state index contributed by atoms with van der Waals surface area (Å²) in [4.78, 5) is 9.04.